The molecule has 0 unspecified atom stereocenters. The second-order valence-electron chi connectivity index (χ2n) is 4.77. The quantitative estimate of drug-likeness (QED) is 0.273. The van der Waals surface area contributed by atoms with E-state index < -0.39 is 35.0 Å². The number of nitrogens with zero attached hydrogens (tertiary/aromatic N) is 2. The number of esters is 1. The Labute approximate surface area is 154 Å². The number of halogens is 4. The summed E-state index contributed by atoms with van der Waals surface area (Å²) in [6.45, 7) is 0. The molecule has 0 aliphatic carbocycles. The lowest BCUT2D eigenvalue weighted by molar-refractivity contribution is -0.140. The molecule has 12 heteroatoms. The minimum absolute atomic E-state index is 0.0323. The molecule has 0 aromatic heterocycles. The van der Waals surface area contributed by atoms with Crippen LogP contribution in [-0.2, 0) is 20.5 Å². The number of benzene rings is 1. The molecule has 2 rings (SSSR count). The van der Waals surface area contributed by atoms with Gasteiger partial charge in [0.15, 0.2) is 5.17 Å². The summed E-state index contributed by atoms with van der Waals surface area (Å²) in [5, 5.41) is 9.19. The number of carbonyl (C=O) groups excluding carboxylic acids is 2. The van der Waals surface area contributed by atoms with Gasteiger partial charge in [-0.05, 0) is 23.9 Å². The van der Waals surface area contributed by atoms with Crippen LogP contribution in [0.4, 0.5) is 17.6 Å². The largest absolute Gasteiger partial charge is 0.496 e. The maximum Gasteiger partial charge on any atom is 0.419 e. The van der Waals surface area contributed by atoms with Crippen molar-refractivity contribution in [3.8, 4) is 5.75 Å². The SMILES string of the molecule is COC(=O)/C=C1/S/C(=N\N=Cc2c(OC)ccc(F)c2C(F)(F)F)NC1=O. The summed E-state index contributed by atoms with van der Waals surface area (Å²) >= 11 is 0.729. The van der Waals surface area contributed by atoms with E-state index in [0.717, 1.165) is 38.1 Å². The third kappa shape index (κ3) is 4.84. The van der Waals surface area contributed by atoms with Gasteiger partial charge < -0.3 is 9.47 Å². The van der Waals surface area contributed by atoms with Gasteiger partial charge in [0, 0.05) is 6.08 Å². The highest BCUT2D eigenvalue weighted by atomic mass is 32.2. The Morgan fingerprint density at radius 3 is 2.59 bits per heavy atom. The third-order valence-electron chi connectivity index (χ3n) is 3.09. The fourth-order valence-electron chi connectivity index (χ4n) is 1.95. The number of methoxy groups -OCH3 is 2. The number of amides is 1. The minimum atomic E-state index is -4.99. The van der Waals surface area contributed by atoms with Crippen LogP contribution in [0.15, 0.2) is 33.3 Å². The summed E-state index contributed by atoms with van der Waals surface area (Å²) in [5.74, 6) is -3.18. The lowest BCUT2D eigenvalue weighted by Crippen LogP contribution is -2.19. The van der Waals surface area contributed by atoms with Crippen molar-refractivity contribution in [1.82, 2.24) is 5.32 Å². The van der Waals surface area contributed by atoms with Crippen LogP contribution < -0.4 is 10.1 Å². The molecule has 1 saturated heterocycles. The molecule has 1 heterocycles. The predicted octanol–water partition coefficient (Wildman–Crippen LogP) is 2.46. The van der Waals surface area contributed by atoms with E-state index in [1.807, 2.05) is 0 Å². The van der Waals surface area contributed by atoms with E-state index >= 15 is 0 Å². The van der Waals surface area contributed by atoms with Crippen LogP contribution in [0.3, 0.4) is 0 Å². The zero-order chi connectivity index (χ0) is 20.2. The van der Waals surface area contributed by atoms with Crippen LogP contribution >= 0.6 is 11.8 Å². The predicted molar refractivity (Wildman–Crippen MR) is 88.8 cm³/mol. The first-order valence-electron chi connectivity index (χ1n) is 7.01. The number of ether oxygens (including phenoxy) is 2. The van der Waals surface area contributed by atoms with Crippen molar-refractivity contribution in [1.29, 1.82) is 0 Å². The molecular weight excluding hydrogens is 394 g/mol. The van der Waals surface area contributed by atoms with E-state index in [9.17, 15) is 27.2 Å². The van der Waals surface area contributed by atoms with Gasteiger partial charge >= 0.3 is 12.1 Å². The molecule has 1 aliphatic heterocycles. The molecule has 0 bridgehead atoms. The van der Waals surface area contributed by atoms with E-state index in [-0.39, 0.29) is 15.8 Å². The van der Waals surface area contributed by atoms with Gasteiger partial charge in [0.1, 0.15) is 17.1 Å². The first-order valence-corrected chi connectivity index (χ1v) is 7.82. The van der Waals surface area contributed by atoms with Crippen LogP contribution in [0, 0.1) is 5.82 Å². The topological polar surface area (TPSA) is 89.3 Å². The highest BCUT2D eigenvalue weighted by Gasteiger charge is 2.38. The fraction of sp³-hybridized carbons (Fsp3) is 0.200. The number of hydrogen-bond acceptors (Lipinski definition) is 7. The Balaban J connectivity index is 2.33. The van der Waals surface area contributed by atoms with Gasteiger partial charge in [0.05, 0.1) is 30.9 Å². The van der Waals surface area contributed by atoms with Gasteiger partial charge in [-0.3, -0.25) is 10.1 Å². The standard InChI is InChI=1S/C15H11F4N3O4S/c1-25-9-4-3-8(16)12(15(17,18)19)7(9)6-20-22-14-21-13(24)10(27-14)5-11(23)26-2/h3-6H,1-2H3,(H,21,22,24)/b10-5+,20-6?. The molecule has 7 nitrogen and oxygen atoms in total. The second-order valence-corrected chi connectivity index (χ2v) is 5.80. The normalized spacial score (nSPS) is 17.6. The van der Waals surface area contributed by atoms with E-state index in [2.05, 4.69) is 20.3 Å². The maximum absolute atomic E-state index is 13.7. The number of thioether (sulfide) groups is 1. The van der Waals surface area contributed by atoms with Crippen LogP contribution in [0.2, 0.25) is 0 Å². The van der Waals surface area contributed by atoms with Crippen LogP contribution in [-0.4, -0.2) is 37.5 Å². The summed E-state index contributed by atoms with van der Waals surface area (Å²) in [6, 6.07) is 1.64. The Kier molecular flexibility index (Phi) is 6.20. The zero-order valence-corrected chi connectivity index (χ0v) is 14.6. The molecular formula is C15H11F4N3O4S. The van der Waals surface area contributed by atoms with Crippen molar-refractivity contribution >= 4 is 35.0 Å². The number of rotatable bonds is 4. The number of amidine groups is 1. The van der Waals surface area contributed by atoms with E-state index in [4.69, 9.17) is 4.74 Å². The second kappa shape index (κ2) is 8.20. The molecule has 1 aliphatic rings. The highest BCUT2D eigenvalue weighted by Crippen LogP contribution is 2.37. The molecule has 1 aromatic carbocycles. The Morgan fingerprint density at radius 2 is 2.00 bits per heavy atom. The Bertz CT molecular complexity index is 865. The number of carbonyl (C=O) groups is 2. The number of hydrogen-bond donors (Lipinski definition) is 1. The van der Waals surface area contributed by atoms with Gasteiger partial charge in [0.25, 0.3) is 5.91 Å². The lowest BCUT2D eigenvalue weighted by atomic mass is 10.1. The third-order valence-corrected chi connectivity index (χ3v) is 3.99. The lowest BCUT2D eigenvalue weighted by Gasteiger charge is -2.13. The van der Waals surface area contributed by atoms with E-state index in [0.29, 0.717) is 12.3 Å². The van der Waals surface area contributed by atoms with E-state index in [1.165, 1.54) is 0 Å². The molecule has 27 heavy (non-hydrogen) atoms. The summed E-state index contributed by atoms with van der Waals surface area (Å²) < 4.78 is 62.2. The number of nitrogens with one attached hydrogen (secondary N) is 1. The number of alkyl halides is 3. The van der Waals surface area contributed by atoms with Crippen molar-refractivity contribution in [2.45, 2.75) is 6.18 Å². The molecule has 1 fully saturated rings. The van der Waals surface area contributed by atoms with Crippen molar-refractivity contribution in [2.75, 3.05) is 14.2 Å². The zero-order valence-electron chi connectivity index (χ0n) is 13.8. The Morgan fingerprint density at radius 1 is 1.30 bits per heavy atom. The molecule has 0 saturated carbocycles. The molecule has 0 atom stereocenters. The molecule has 1 N–H and O–H groups in total. The maximum atomic E-state index is 13.7. The van der Waals surface area contributed by atoms with Crippen LogP contribution in [0.25, 0.3) is 0 Å². The average Bonchev–Trinajstić information content (AvgIpc) is 2.93. The van der Waals surface area contributed by atoms with Crippen molar-refractivity contribution in [3.05, 3.63) is 40.1 Å². The molecule has 1 aromatic rings. The Hall–Kier alpha value is -2.89. The molecule has 1 amide bonds. The van der Waals surface area contributed by atoms with Gasteiger partial charge in [-0.25, -0.2) is 9.18 Å². The van der Waals surface area contributed by atoms with Crippen molar-refractivity contribution in [2.24, 2.45) is 10.2 Å². The van der Waals surface area contributed by atoms with E-state index in [1.54, 1.807) is 0 Å². The average molecular weight is 405 g/mol. The van der Waals surface area contributed by atoms with Crippen molar-refractivity contribution in [3.63, 3.8) is 0 Å². The summed E-state index contributed by atoms with van der Waals surface area (Å²) in [7, 11) is 2.24. The van der Waals surface area contributed by atoms with Gasteiger partial charge in [-0.2, -0.15) is 18.3 Å². The van der Waals surface area contributed by atoms with Gasteiger partial charge in [-0.1, -0.05) is 0 Å². The molecule has 144 valence electrons. The molecule has 0 spiro atoms. The first kappa shape index (κ1) is 20.4. The summed E-state index contributed by atoms with van der Waals surface area (Å²) in [6.07, 6.45) is -3.41. The fourth-order valence-corrected chi connectivity index (χ4v) is 2.69. The monoisotopic (exact) mass is 405 g/mol. The van der Waals surface area contributed by atoms with Crippen molar-refractivity contribution < 1.29 is 36.6 Å². The highest BCUT2D eigenvalue weighted by molar-refractivity contribution is 8.18. The summed E-state index contributed by atoms with van der Waals surface area (Å²) in [4.78, 5) is 22.7. The first-order chi connectivity index (χ1) is 12.7. The summed E-state index contributed by atoms with van der Waals surface area (Å²) in [5.41, 5.74) is -2.21. The minimum Gasteiger partial charge on any atom is -0.496 e. The van der Waals surface area contributed by atoms with Crippen LogP contribution in [0.5, 0.6) is 5.75 Å². The van der Waals surface area contributed by atoms with Gasteiger partial charge in [-0.15, -0.1) is 5.10 Å². The van der Waals surface area contributed by atoms with Crippen LogP contribution in [0.1, 0.15) is 11.1 Å². The molecule has 0 radical (unpaired) electrons. The smallest absolute Gasteiger partial charge is 0.419 e. The van der Waals surface area contributed by atoms with Gasteiger partial charge in [0.2, 0.25) is 0 Å².